The molecule has 4 nitrogen and oxygen atoms in total. The fourth-order valence-corrected chi connectivity index (χ4v) is 4.10. The molecular weight excluding hydrogens is 362 g/mol. The molecule has 172 valence electrons. The number of ether oxygens (including phenoxy) is 2. The van der Waals surface area contributed by atoms with Crippen LogP contribution >= 0.6 is 0 Å². The fraction of sp³-hybridized carbons (Fsp3) is 0.960. The third kappa shape index (κ3) is 15.8. The van der Waals surface area contributed by atoms with Crippen LogP contribution in [-0.2, 0) is 14.3 Å². The predicted molar refractivity (Wildman–Crippen MR) is 122 cm³/mol. The van der Waals surface area contributed by atoms with Gasteiger partial charge in [-0.1, -0.05) is 96.8 Å². The number of hydrogen-bond donors (Lipinski definition) is 0. The molecule has 1 rings (SSSR count). The minimum atomic E-state index is -0.0143. The summed E-state index contributed by atoms with van der Waals surface area (Å²) in [4.78, 5) is 11.9. The van der Waals surface area contributed by atoms with Crippen molar-refractivity contribution in [2.45, 2.75) is 110 Å². The molecule has 0 aromatic rings. The lowest BCUT2D eigenvalue weighted by atomic mass is 10.0. The molecule has 1 aliphatic rings. The number of carbonyl (C=O) groups is 1. The van der Waals surface area contributed by atoms with Crippen molar-refractivity contribution in [3.05, 3.63) is 0 Å². The number of esters is 1. The molecule has 0 aliphatic carbocycles. The molecule has 1 fully saturated rings. The molecule has 29 heavy (non-hydrogen) atoms. The molecule has 1 aliphatic heterocycles. The Bertz CT molecular complexity index is 380. The second-order valence-corrected chi connectivity index (χ2v) is 9.32. The molecule has 4 heteroatoms. The van der Waals surface area contributed by atoms with Crippen LogP contribution in [-0.4, -0.2) is 57.0 Å². The molecule has 0 aromatic heterocycles. The zero-order valence-corrected chi connectivity index (χ0v) is 19.7. The molecule has 0 unspecified atom stereocenters. The average molecular weight is 413 g/mol. The molecule has 1 heterocycles. The Morgan fingerprint density at radius 2 is 1.21 bits per heavy atom. The van der Waals surface area contributed by atoms with Crippen LogP contribution in [0.25, 0.3) is 0 Å². The minimum absolute atomic E-state index is 0.0143. The molecular formula is C25H50NO3+. The standard InChI is InChI=1S/C25H50NO3/c1-3-4-5-6-7-8-9-10-11-12-13-14-15-16-17-18-25(27)29-24-21-26(2)19-22-28-23-20-26/h3-24H2,1-2H3/q+1. The minimum Gasteiger partial charge on any atom is -0.460 e. The van der Waals surface area contributed by atoms with Crippen LogP contribution in [0.1, 0.15) is 110 Å². The topological polar surface area (TPSA) is 35.5 Å². The molecule has 1 saturated heterocycles. The SMILES string of the molecule is CCCCCCCCCCCCCCCCCC(=O)OCC[N+]1(C)CCOCC1. The lowest BCUT2D eigenvalue weighted by Crippen LogP contribution is -2.53. The highest BCUT2D eigenvalue weighted by atomic mass is 16.5. The largest absolute Gasteiger partial charge is 0.460 e. The van der Waals surface area contributed by atoms with Gasteiger partial charge in [-0.3, -0.25) is 4.79 Å². The van der Waals surface area contributed by atoms with E-state index in [2.05, 4.69) is 14.0 Å². The number of likely N-dealkylation sites (N-methyl/N-ethyl adjacent to an activating group) is 1. The summed E-state index contributed by atoms with van der Waals surface area (Å²) < 4.78 is 11.8. The van der Waals surface area contributed by atoms with Gasteiger partial charge in [0.25, 0.3) is 0 Å². The zero-order chi connectivity index (χ0) is 21.0. The Morgan fingerprint density at radius 1 is 0.759 bits per heavy atom. The first kappa shape index (κ1) is 26.4. The Morgan fingerprint density at radius 3 is 1.69 bits per heavy atom. The Hall–Kier alpha value is -0.610. The number of nitrogens with zero attached hydrogens (tertiary/aromatic N) is 1. The maximum absolute atomic E-state index is 11.9. The van der Waals surface area contributed by atoms with Crippen LogP contribution in [0.5, 0.6) is 0 Å². The van der Waals surface area contributed by atoms with Crippen LogP contribution in [0.3, 0.4) is 0 Å². The molecule has 0 bridgehead atoms. The van der Waals surface area contributed by atoms with Gasteiger partial charge in [0, 0.05) is 6.42 Å². The number of quaternary nitrogens is 1. The quantitative estimate of drug-likeness (QED) is 0.142. The van der Waals surface area contributed by atoms with Crippen molar-refractivity contribution in [1.82, 2.24) is 0 Å². The van der Waals surface area contributed by atoms with Crippen LogP contribution in [0.2, 0.25) is 0 Å². The average Bonchev–Trinajstić information content (AvgIpc) is 2.71. The van der Waals surface area contributed by atoms with Gasteiger partial charge in [-0.2, -0.15) is 0 Å². The summed E-state index contributed by atoms with van der Waals surface area (Å²) in [6.45, 7) is 7.44. The lowest BCUT2D eigenvalue weighted by molar-refractivity contribution is -0.917. The number of morpholine rings is 1. The normalized spacial score (nSPS) is 16.1. The monoisotopic (exact) mass is 412 g/mol. The highest BCUT2D eigenvalue weighted by Crippen LogP contribution is 2.14. The van der Waals surface area contributed by atoms with Crippen LogP contribution in [0.15, 0.2) is 0 Å². The number of rotatable bonds is 19. The third-order valence-corrected chi connectivity index (χ3v) is 6.43. The summed E-state index contributed by atoms with van der Waals surface area (Å²) in [6, 6.07) is 0. The molecule has 0 saturated carbocycles. The van der Waals surface area contributed by atoms with E-state index in [1.165, 1.54) is 83.5 Å². The molecule has 0 spiro atoms. The van der Waals surface area contributed by atoms with Crippen molar-refractivity contribution in [2.24, 2.45) is 0 Å². The third-order valence-electron chi connectivity index (χ3n) is 6.43. The van der Waals surface area contributed by atoms with E-state index >= 15 is 0 Å². The zero-order valence-electron chi connectivity index (χ0n) is 19.7. The number of unbranched alkanes of at least 4 members (excludes halogenated alkanes) is 14. The first-order valence-corrected chi connectivity index (χ1v) is 12.7. The van der Waals surface area contributed by atoms with Gasteiger partial charge in [-0.15, -0.1) is 0 Å². The van der Waals surface area contributed by atoms with Crippen LogP contribution in [0, 0.1) is 0 Å². The van der Waals surface area contributed by atoms with Crippen molar-refractivity contribution >= 4 is 5.97 Å². The number of hydrogen-bond acceptors (Lipinski definition) is 3. The maximum Gasteiger partial charge on any atom is 0.305 e. The van der Waals surface area contributed by atoms with E-state index in [0.29, 0.717) is 13.0 Å². The van der Waals surface area contributed by atoms with Gasteiger partial charge < -0.3 is 14.0 Å². The van der Waals surface area contributed by atoms with E-state index < -0.39 is 0 Å². The lowest BCUT2D eigenvalue weighted by Gasteiger charge is -2.37. The van der Waals surface area contributed by atoms with Crippen LogP contribution in [0.4, 0.5) is 0 Å². The summed E-state index contributed by atoms with van der Waals surface area (Å²) in [6.07, 6.45) is 20.8. The van der Waals surface area contributed by atoms with E-state index in [9.17, 15) is 4.79 Å². The second-order valence-electron chi connectivity index (χ2n) is 9.32. The smallest absolute Gasteiger partial charge is 0.305 e. The van der Waals surface area contributed by atoms with E-state index in [1.54, 1.807) is 0 Å². The fourth-order valence-electron chi connectivity index (χ4n) is 4.10. The second kappa shape index (κ2) is 18.2. The Kier molecular flexibility index (Phi) is 16.6. The van der Waals surface area contributed by atoms with E-state index in [0.717, 1.165) is 50.2 Å². The van der Waals surface area contributed by atoms with Crippen molar-refractivity contribution in [2.75, 3.05) is 46.5 Å². The maximum atomic E-state index is 11.9. The van der Waals surface area contributed by atoms with Crippen molar-refractivity contribution in [3.8, 4) is 0 Å². The summed E-state index contributed by atoms with van der Waals surface area (Å²) in [5.74, 6) is -0.0143. The van der Waals surface area contributed by atoms with Gasteiger partial charge in [-0.05, 0) is 6.42 Å². The van der Waals surface area contributed by atoms with Crippen molar-refractivity contribution in [1.29, 1.82) is 0 Å². The number of carbonyl (C=O) groups excluding carboxylic acids is 1. The van der Waals surface area contributed by atoms with E-state index in [4.69, 9.17) is 9.47 Å². The molecule has 0 atom stereocenters. The highest BCUT2D eigenvalue weighted by molar-refractivity contribution is 5.69. The molecule has 0 N–H and O–H groups in total. The molecule has 0 amide bonds. The molecule has 0 aromatic carbocycles. The summed E-state index contributed by atoms with van der Waals surface area (Å²) in [5, 5.41) is 0. The summed E-state index contributed by atoms with van der Waals surface area (Å²) >= 11 is 0. The van der Waals surface area contributed by atoms with Gasteiger partial charge in [0.2, 0.25) is 0 Å². The predicted octanol–water partition coefficient (Wildman–Crippen LogP) is 6.27. The van der Waals surface area contributed by atoms with Crippen molar-refractivity contribution in [3.63, 3.8) is 0 Å². The first-order chi connectivity index (χ1) is 14.2. The van der Waals surface area contributed by atoms with Gasteiger partial charge in [0.1, 0.15) is 26.2 Å². The first-order valence-electron chi connectivity index (χ1n) is 12.7. The Balaban J connectivity index is 1.77. The van der Waals surface area contributed by atoms with Gasteiger partial charge in [0.05, 0.1) is 20.3 Å². The summed E-state index contributed by atoms with van der Waals surface area (Å²) in [5.41, 5.74) is 0. The highest BCUT2D eigenvalue weighted by Gasteiger charge is 2.25. The Labute approximate surface area is 181 Å². The van der Waals surface area contributed by atoms with Gasteiger partial charge in [-0.25, -0.2) is 0 Å². The van der Waals surface area contributed by atoms with Gasteiger partial charge in [0.15, 0.2) is 0 Å². The van der Waals surface area contributed by atoms with Crippen LogP contribution < -0.4 is 0 Å². The molecule has 0 radical (unpaired) electrons. The summed E-state index contributed by atoms with van der Waals surface area (Å²) in [7, 11) is 2.23. The van der Waals surface area contributed by atoms with Gasteiger partial charge >= 0.3 is 5.97 Å². The van der Waals surface area contributed by atoms with E-state index in [-0.39, 0.29) is 5.97 Å². The van der Waals surface area contributed by atoms with Crippen molar-refractivity contribution < 1.29 is 18.8 Å². The van der Waals surface area contributed by atoms with E-state index in [1.807, 2.05) is 0 Å².